The number of benzene rings is 1. The molecule has 1 aromatic carbocycles. The number of aromatic nitrogens is 2. The van der Waals surface area contributed by atoms with Crippen molar-refractivity contribution in [2.45, 2.75) is 13.5 Å². The highest BCUT2D eigenvalue weighted by Crippen LogP contribution is 2.26. The topological polar surface area (TPSA) is 43.6 Å². The van der Waals surface area contributed by atoms with Crippen molar-refractivity contribution in [2.24, 2.45) is 0 Å². The summed E-state index contributed by atoms with van der Waals surface area (Å²) in [4.78, 5) is 17.0. The van der Waals surface area contributed by atoms with Gasteiger partial charge in [-0.3, -0.25) is 9.20 Å². The lowest BCUT2D eigenvalue weighted by atomic mass is 10.1. The zero-order valence-electron chi connectivity index (χ0n) is 12.3. The van der Waals surface area contributed by atoms with Crippen molar-refractivity contribution in [1.82, 2.24) is 9.38 Å². The molecule has 3 rings (SSSR count). The van der Waals surface area contributed by atoms with E-state index in [1.165, 1.54) is 34.9 Å². The molecular formula is C16H10BrF3N2O2. The number of pyridine rings is 1. The molecule has 0 fully saturated rings. The number of halogens is 4. The number of ether oxygens (including phenoxy) is 1. The molecule has 0 N–H and O–H groups in total. The van der Waals surface area contributed by atoms with E-state index in [1.54, 1.807) is 13.0 Å². The van der Waals surface area contributed by atoms with E-state index in [0.717, 1.165) is 0 Å². The van der Waals surface area contributed by atoms with E-state index >= 15 is 0 Å². The molecule has 0 atom stereocenters. The molecule has 0 aliphatic rings. The summed E-state index contributed by atoms with van der Waals surface area (Å²) in [7, 11) is 0. The lowest BCUT2D eigenvalue weighted by Crippen LogP contribution is -2.11. The predicted molar refractivity (Wildman–Crippen MR) is 84.1 cm³/mol. The molecule has 0 spiro atoms. The summed E-state index contributed by atoms with van der Waals surface area (Å²) >= 11 is 3.05. The molecule has 2 heterocycles. The van der Waals surface area contributed by atoms with Crippen molar-refractivity contribution in [3.63, 3.8) is 0 Å². The number of rotatable bonds is 4. The number of ketones is 1. The highest BCUT2D eigenvalue weighted by Gasteiger charge is 2.23. The lowest BCUT2D eigenvalue weighted by Gasteiger charge is -2.10. The third-order valence-electron chi connectivity index (χ3n) is 3.40. The Labute approximate surface area is 143 Å². The van der Waals surface area contributed by atoms with Crippen molar-refractivity contribution in [1.29, 1.82) is 0 Å². The van der Waals surface area contributed by atoms with Crippen LogP contribution in [-0.4, -0.2) is 21.8 Å². The van der Waals surface area contributed by atoms with E-state index in [1.807, 2.05) is 0 Å². The number of aryl methyl sites for hydroxylation is 1. The molecule has 0 saturated heterocycles. The predicted octanol–water partition coefficient (Wildman–Crippen LogP) is 4.38. The summed E-state index contributed by atoms with van der Waals surface area (Å²) in [6, 6.07) is 6.88. The largest absolute Gasteiger partial charge is 0.434 e. The second-order valence-electron chi connectivity index (χ2n) is 4.95. The fourth-order valence-corrected chi connectivity index (χ4v) is 2.73. The summed E-state index contributed by atoms with van der Waals surface area (Å²) in [5, 5.41) is 0. The fraction of sp³-hybridized carbons (Fsp3) is 0.125. The van der Waals surface area contributed by atoms with Gasteiger partial charge in [0, 0.05) is 12.3 Å². The van der Waals surface area contributed by atoms with Gasteiger partial charge in [-0.1, -0.05) is 12.1 Å². The number of alkyl halides is 2. The van der Waals surface area contributed by atoms with Crippen molar-refractivity contribution >= 4 is 27.4 Å². The molecule has 3 aromatic rings. The van der Waals surface area contributed by atoms with Gasteiger partial charge >= 0.3 is 6.61 Å². The molecule has 124 valence electrons. The number of fused-ring (bicyclic) bond motifs is 1. The average Bonchev–Trinajstić information content (AvgIpc) is 2.82. The minimum Gasteiger partial charge on any atom is -0.434 e. The summed E-state index contributed by atoms with van der Waals surface area (Å²) in [6.45, 7) is -1.46. The Morgan fingerprint density at radius 2 is 2.04 bits per heavy atom. The highest BCUT2D eigenvalue weighted by molar-refractivity contribution is 9.10. The van der Waals surface area contributed by atoms with Crippen LogP contribution >= 0.6 is 15.9 Å². The summed E-state index contributed by atoms with van der Waals surface area (Å²) < 4.78 is 44.7. The van der Waals surface area contributed by atoms with Crippen molar-refractivity contribution in [3.05, 3.63) is 63.8 Å². The first-order chi connectivity index (χ1) is 11.4. The molecule has 24 heavy (non-hydrogen) atoms. The Balaban J connectivity index is 2.16. The zero-order chi connectivity index (χ0) is 17.4. The van der Waals surface area contributed by atoms with Gasteiger partial charge in [-0.25, -0.2) is 9.37 Å². The second-order valence-corrected chi connectivity index (χ2v) is 5.80. The second kappa shape index (κ2) is 6.27. The van der Waals surface area contributed by atoms with Crippen LogP contribution in [0.1, 0.15) is 21.7 Å². The average molecular weight is 399 g/mol. The van der Waals surface area contributed by atoms with Crippen LogP contribution in [0.4, 0.5) is 13.2 Å². The van der Waals surface area contributed by atoms with Gasteiger partial charge in [0.15, 0.2) is 0 Å². The number of carbonyl (C=O) groups excluding carboxylic acids is 1. The molecule has 8 heteroatoms. The van der Waals surface area contributed by atoms with Gasteiger partial charge in [-0.2, -0.15) is 8.78 Å². The molecule has 0 radical (unpaired) electrons. The van der Waals surface area contributed by atoms with Gasteiger partial charge in [0.1, 0.15) is 22.9 Å². The quantitative estimate of drug-likeness (QED) is 0.612. The normalized spacial score (nSPS) is 11.2. The maximum absolute atomic E-state index is 13.6. The van der Waals surface area contributed by atoms with Crippen LogP contribution in [0.2, 0.25) is 0 Å². The summed E-state index contributed by atoms with van der Waals surface area (Å²) in [6.07, 6.45) is 1.37. The minimum absolute atomic E-state index is 0.0249. The third kappa shape index (κ3) is 2.89. The molecule has 2 aromatic heterocycles. The van der Waals surface area contributed by atoms with E-state index in [0.29, 0.717) is 5.69 Å². The minimum atomic E-state index is -3.05. The highest BCUT2D eigenvalue weighted by atomic mass is 79.9. The summed E-state index contributed by atoms with van der Waals surface area (Å²) in [5.74, 6) is -1.30. The number of carbonyl (C=O) groups is 1. The van der Waals surface area contributed by atoms with Crippen LogP contribution in [-0.2, 0) is 0 Å². The third-order valence-corrected chi connectivity index (χ3v) is 3.99. The first-order valence-corrected chi connectivity index (χ1v) is 7.60. The number of imidazole rings is 1. The SMILES string of the molecule is Cc1nc2cc(F)c(Br)cn2c1C(=O)c1ccccc1OC(F)F. The Kier molecular flexibility index (Phi) is 4.31. The van der Waals surface area contributed by atoms with Crippen LogP contribution in [0.15, 0.2) is 41.0 Å². The maximum atomic E-state index is 13.6. The van der Waals surface area contributed by atoms with Gasteiger partial charge in [0.2, 0.25) is 5.78 Å². The smallest absolute Gasteiger partial charge is 0.387 e. The van der Waals surface area contributed by atoms with E-state index in [4.69, 9.17) is 0 Å². The van der Waals surface area contributed by atoms with Gasteiger partial charge < -0.3 is 4.74 Å². The molecule has 0 aliphatic heterocycles. The van der Waals surface area contributed by atoms with E-state index < -0.39 is 18.2 Å². The number of hydrogen-bond donors (Lipinski definition) is 0. The van der Waals surface area contributed by atoms with E-state index in [2.05, 4.69) is 25.7 Å². The van der Waals surface area contributed by atoms with E-state index in [9.17, 15) is 18.0 Å². The maximum Gasteiger partial charge on any atom is 0.387 e. The molecule has 0 aliphatic carbocycles. The van der Waals surface area contributed by atoms with Crippen molar-refractivity contribution in [2.75, 3.05) is 0 Å². The van der Waals surface area contributed by atoms with Crippen LogP contribution in [0.5, 0.6) is 5.75 Å². The monoisotopic (exact) mass is 398 g/mol. The Hall–Kier alpha value is -2.35. The zero-order valence-corrected chi connectivity index (χ0v) is 13.9. The number of hydrogen-bond acceptors (Lipinski definition) is 3. The Bertz CT molecular complexity index is 940. The van der Waals surface area contributed by atoms with Gasteiger partial charge in [-0.05, 0) is 35.0 Å². The van der Waals surface area contributed by atoms with Crippen molar-refractivity contribution in [3.8, 4) is 5.75 Å². The van der Waals surface area contributed by atoms with Gasteiger partial charge in [0.05, 0.1) is 15.7 Å². The Morgan fingerprint density at radius 1 is 1.33 bits per heavy atom. The number of para-hydroxylation sites is 1. The first kappa shape index (κ1) is 16.5. The Morgan fingerprint density at radius 3 is 2.75 bits per heavy atom. The molecule has 4 nitrogen and oxygen atoms in total. The molecular weight excluding hydrogens is 389 g/mol. The van der Waals surface area contributed by atoms with Crippen LogP contribution in [0.3, 0.4) is 0 Å². The van der Waals surface area contributed by atoms with Crippen molar-refractivity contribution < 1.29 is 22.7 Å². The standard InChI is InChI=1S/C16H10BrF3N2O2/c1-8-14(22-7-10(17)11(18)6-13(22)21-8)15(23)9-4-2-3-5-12(9)24-16(19)20/h2-7,16H,1H3. The molecule has 0 saturated carbocycles. The van der Waals surface area contributed by atoms with Crippen LogP contribution in [0.25, 0.3) is 5.65 Å². The number of nitrogens with zero attached hydrogens (tertiary/aromatic N) is 2. The van der Waals surface area contributed by atoms with E-state index in [-0.39, 0.29) is 27.1 Å². The fourth-order valence-electron chi connectivity index (χ4n) is 2.41. The lowest BCUT2D eigenvalue weighted by molar-refractivity contribution is -0.0501. The molecule has 0 unspecified atom stereocenters. The van der Waals surface area contributed by atoms with Gasteiger partial charge in [-0.15, -0.1) is 0 Å². The van der Waals surface area contributed by atoms with Crippen LogP contribution in [0, 0.1) is 12.7 Å². The molecule has 0 amide bonds. The van der Waals surface area contributed by atoms with Crippen LogP contribution < -0.4 is 4.74 Å². The first-order valence-electron chi connectivity index (χ1n) is 6.80. The molecule has 0 bridgehead atoms. The summed E-state index contributed by atoms with van der Waals surface area (Å²) in [5.41, 5.74) is 0.715. The van der Waals surface area contributed by atoms with Gasteiger partial charge in [0.25, 0.3) is 0 Å².